The average molecular weight is 279 g/mol. The molecule has 0 bridgehead atoms. The summed E-state index contributed by atoms with van der Waals surface area (Å²) in [6.07, 6.45) is 0. The SMILES string of the molecule is Cc1cc(C)cc(-c2cc(F)cc(Cl)c2C(=O)O)c1. The van der Waals surface area contributed by atoms with Gasteiger partial charge in [0, 0.05) is 5.56 Å². The zero-order valence-corrected chi connectivity index (χ0v) is 11.3. The maximum atomic E-state index is 13.5. The quantitative estimate of drug-likeness (QED) is 0.880. The molecule has 0 atom stereocenters. The number of aromatic carboxylic acids is 1. The Hall–Kier alpha value is -1.87. The molecule has 0 aliphatic rings. The minimum Gasteiger partial charge on any atom is -0.478 e. The third-order valence-corrected chi connectivity index (χ3v) is 3.10. The standard InChI is InChI=1S/C15H12ClFO2/c1-8-3-9(2)5-10(4-8)12-6-11(17)7-13(16)14(12)15(18)19/h3-7H,1-2H3,(H,18,19). The molecule has 0 heterocycles. The van der Waals surface area contributed by atoms with Gasteiger partial charge in [-0.15, -0.1) is 0 Å². The number of aryl methyl sites for hydroxylation is 2. The predicted octanol–water partition coefficient (Wildman–Crippen LogP) is 4.46. The Kier molecular flexibility index (Phi) is 3.58. The van der Waals surface area contributed by atoms with Crippen molar-refractivity contribution in [3.8, 4) is 11.1 Å². The Bertz CT molecular complexity index is 645. The maximum Gasteiger partial charge on any atom is 0.337 e. The summed E-state index contributed by atoms with van der Waals surface area (Å²) in [6, 6.07) is 7.79. The van der Waals surface area contributed by atoms with E-state index in [1.54, 1.807) is 0 Å². The summed E-state index contributed by atoms with van der Waals surface area (Å²) in [4.78, 5) is 11.3. The van der Waals surface area contributed by atoms with Gasteiger partial charge >= 0.3 is 5.97 Å². The lowest BCUT2D eigenvalue weighted by atomic mass is 9.96. The first-order chi connectivity index (χ1) is 8.88. The minimum absolute atomic E-state index is 0.0759. The third-order valence-electron chi connectivity index (χ3n) is 2.80. The van der Waals surface area contributed by atoms with E-state index in [2.05, 4.69) is 0 Å². The molecule has 0 radical (unpaired) electrons. The van der Waals surface area contributed by atoms with Gasteiger partial charge in [-0.2, -0.15) is 0 Å². The van der Waals surface area contributed by atoms with Crippen molar-refractivity contribution in [3.63, 3.8) is 0 Å². The van der Waals surface area contributed by atoms with Crippen molar-refractivity contribution in [2.75, 3.05) is 0 Å². The van der Waals surface area contributed by atoms with Gasteiger partial charge in [-0.1, -0.05) is 40.9 Å². The molecule has 2 aromatic carbocycles. The molecule has 2 nitrogen and oxygen atoms in total. The summed E-state index contributed by atoms with van der Waals surface area (Å²) >= 11 is 5.84. The first kappa shape index (κ1) is 13.6. The summed E-state index contributed by atoms with van der Waals surface area (Å²) in [5, 5.41) is 9.13. The molecule has 98 valence electrons. The summed E-state index contributed by atoms with van der Waals surface area (Å²) < 4.78 is 13.5. The summed E-state index contributed by atoms with van der Waals surface area (Å²) in [5.41, 5.74) is 2.83. The molecule has 0 aromatic heterocycles. The van der Waals surface area contributed by atoms with Crippen LogP contribution in [0.15, 0.2) is 30.3 Å². The molecule has 0 spiro atoms. The Morgan fingerprint density at radius 3 is 2.21 bits per heavy atom. The second-order valence-electron chi connectivity index (χ2n) is 4.49. The molecule has 0 aliphatic heterocycles. The largest absolute Gasteiger partial charge is 0.478 e. The lowest BCUT2D eigenvalue weighted by molar-refractivity contribution is 0.0698. The smallest absolute Gasteiger partial charge is 0.337 e. The van der Waals surface area contributed by atoms with Gasteiger partial charge < -0.3 is 5.11 Å². The topological polar surface area (TPSA) is 37.3 Å². The highest BCUT2D eigenvalue weighted by Gasteiger charge is 2.18. The molecule has 0 aliphatic carbocycles. The first-order valence-corrected chi connectivity index (χ1v) is 6.07. The van der Waals surface area contributed by atoms with Crippen molar-refractivity contribution in [2.45, 2.75) is 13.8 Å². The molecule has 1 N–H and O–H groups in total. The van der Waals surface area contributed by atoms with E-state index in [1.807, 2.05) is 32.0 Å². The van der Waals surface area contributed by atoms with Crippen LogP contribution < -0.4 is 0 Å². The van der Waals surface area contributed by atoms with Gasteiger partial charge in [-0.3, -0.25) is 0 Å². The number of rotatable bonds is 2. The highest BCUT2D eigenvalue weighted by Crippen LogP contribution is 2.31. The van der Waals surface area contributed by atoms with Gasteiger partial charge in [0.25, 0.3) is 0 Å². The van der Waals surface area contributed by atoms with Crippen LogP contribution in [-0.2, 0) is 0 Å². The van der Waals surface area contributed by atoms with Crippen LogP contribution in [0.3, 0.4) is 0 Å². The Balaban J connectivity index is 2.77. The molecule has 0 saturated heterocycles. The monoisotopic (exact) mass is 278 g/mol. The third kappa shape index (κ3) is 2.76. The molecule has 0 amide bonds. The summed E-state index contributed by atoms with van der Waals surface area (Å²) in [6.45, 7) is 3.80. The number of halogens is 2. The van der Waals surface area contributed by atoms with E-state index in [4.69, 9.17) is 11.6 Å². The van der Waals surface area contributed by atoms with E-state index >= 15 is 0 Å². The van der Waals surface area contributed by atoms with Crippen LogP contribution in [0, 0.1) is 19.7 Å². The molecular weight excluding hydrogens is 267 g/mol. The van der Waals surface area contributed by atoms with E-state index in [9.17, 15) is 14.3 Å². The lowest BCUT2D eigenvalue weighted by Crippen LogP contribution is -2.02. The van der Waals surface area contributed by atoms with Crippen molar-refractivity contribution in [2.24, 2.45) is 0 Å². The van der Waals surface area contributed by atoms with Gasteiger partial charge in [-0.05, 0) is 31.5 Å². The van der Waals surface area contributed by atoms with E-state index < -0.39 is 11.8 Å². The highest BCUT2D eigenvalue weighted by molar-refractivity contribution is 6.34. The fourth-order valence-electron chi connectivity index (χ4n) is 2.15. The van der Waals surface area contributed by atoms with Crippen LogP contribution in [0.2, 0.25) is 5.02 Å². The number of carboxylic acid groups (broad SMARTS) is 1. The van der Waals surface area contributed by atoms with Gasteiger partial charge in [-0.25, -0.2) is 9.18 Å². The van der Waals surface area contributed by atoms with E-state index in [0.717, 1.165) is 17.2 Å². The van der Waals surface area contributed by atoms with Crippen LogP contribution in [0.25, 0.3) is 11.1 Å². The molecule has 4 heteroatoms. The molecule has 0 fully saturated rings. The van der Waals surface area contributed by atoms with Crippen LogP contribution in [0.1, 0.15) is 21.5 Å². The first-order valence-electron chi connectivity index (χ1n) is 5.69. The normalized spacial score (nSPS) is 10.5. The molecule has 2 aromatic rings. The molecule has 19 heavy (non-hydrogen) atoms. The van der Waals surface area contributed by atoms with E-state index in [-0.39, 0.29) is 10.6 Å². The van der Waals surface area contributed by atoms with Crippen molar-refractivity contribution >= 4 is 17.6 Å². The molecule has 0 unspecified atom stereocenters. The van der Waals surface area contributed by atoms with Crippen LogP contribution in [-0.4, -0.2) is 11.1 Å². The Labute approximate surface area is 115 Å². The average Bonchev–Trinajstić information content (AvgIpc) is 2.25. The van der Waals surface area contributed by atoms with Crippen molar-refractivity contribution in [3.05, 3.63) is 57.9 Å². The molecule has 0 saturated carbocycles. The van der Waals surface area contributed by atoms with Crippen LogP contribution >= 0.6 is 11.6 Å². The fraction of sp³-hybridized carbons (Fsp3) is 0.133. The van der Waals surface area contributed by atoms with E-state index in [1.165, 1.54) is 6.07 Å². The summed E-state index contributed by atoms with van der Waals surface area (Å²) in [7, 11) is 0. The van der Waals surface area contributed by atoms with Gasteiger partial charge in [0.1, 0.15) is 5.82 Å². The maximum absolute atomic E-state index is 13.5. The van der Waals surface area contributed by atoms with Crippen molar-refractivity contribution in [1.82, 2.24) is 0 Å². The van der Waals surface area contributed by atoms with Crippen molar-refractivity contribution in [1.29, 1.82) is 0 Å². The number of hydrogen-bond acceptors (Lipinski definition) is 1. The number of hydrogen-bond donors (Lipinski definition) is 1. The van der Waals surface area contributed by atoms with Crippen LogP contribution in [0.5, 0.6) is 0 Å². The summed E-state index contributed by atoms with van der Waals surface area (Å²) in [5.74, 6) is -1.72. The number of benzene rings is 2. The minimum atomic E-state index is -1.17. The van der Waals surface area contributed by atoms with Gasteiger partial charge in [0.15, 0.2) is 0 Å². The van der Waals surface area contributed by atoms with Crippen molar-refractivity contribution < 1.29 is 14.3 Å². The fourth-order valence-corrected chi connectivity index (χ4v) is 2.44. The van der Waals surface area contributed by atoms with Gasteiger partial charge in [0.2, 0.25) is 0 Å². The highest BCUT2D eigenvalue weighted by atomic mass is 35.5. The Morgan fingerprint density at radius 2 is 1.68 bits per heavy atom. The predicted molar refractivity (Wildman–Crippen MR) is 73.3 cm³/mol. The van der Waals surface area contributed by atoms with Gasteiger partial charge in [0.05, 0.1) is 10.6 Å². The zero-order chi connectivity index (χ0) is 14.2. The molecule has 2 rings (SSSR count). The lowest BCUT2D eigenvalue weighted by Gasteiger charge is -2.10. The number of carbonyl (C=O) groups is 1. The molecular formula is C15H12ClFO2. The number of carboxylic acids is 1. The zero-order valence-electron chi connectivity index (χ0n) is 10.5. The van der Waals surface area contributed by atoms with E-state index in [0.29, 0.717) is 11.1 Å². The van der Waals surface area contributed by atoms with Crippen LogP contribution in [0.4, 0.5) is 4.39 Å². The second-order valence-corrected chi connectivity index (χ2v) is 4.90. The second kappa shape index (κ2) is 5.02. The Morgan fingerprint density at radius 1 is 1.11 bits per heavy atom.